The highest BCUT2D eigenvalue weighted by molar-refractivity contribution is 5.70. The molecule has 17 heavy (non-hydrogen) atoms. The van der Waals surface area contributed by atoms with Crippen molar-refractivity contribution in [3.63, 3.8) is 0 Å². The lowest BCUT2D eigenvalue weighted by atomic mass is 10.2. The largest absolute Gasteiger partial charge is 0.296 e. The van der Waals surface area contributed by atoms with Crippen LogP contribution < -0.4 is 0 Å². The molecule has 0 aliphatic rings. The second-order valence-electron chi connectivity index (χ2n) is 3.36. The summed E-state index contributed by atoms with van der Waals surface area (Å²) < 4.78 is 0. The molecule has 0 aliphatic heterocycles. The lowest BCUT2D eigenvalue weighted by Crippen LogP contribution is -2.09. The number of aryl methyl sites for hydroxylation is 2. The van der Waals surface area contributed by atoms with Gasteiger partial charge in [0.05, 0.1) is 23.1 Å². The molecule has 7 heteroatoms. The van der Waals surface area contributed by atoms with Gasteiger partial charge >= 0.3 is 0 Å². The Kier molecular flexibility index (Phi) is 2.62. The van der Waals surface area contributed by atoms with Gasteiger partial charge in [0.15, 0.2) is 6.29 Å². The van der Waals surface area contributed by atoms with E-state index in [-0.39, 0.29) is 11.6 Å². The van der Waals surface area contributed by atoms with Crippen molar-refractivity contribution in [1.82, 2.24) is 25.0 Å². The molecule has 0 atom stereocenters. The molecule has 0 amide bonds. The smallest absolute Gasteiger partial charge is 0.269 e. The minimum atomic E-state index is 0.202. The van der Waals surface area contributed by atoms with Crippen molar-refractivity contribution in [3.05, 3.63) is 28.8 Å². The standard InChI is InChI=1S/C10H8N6O/c1-6-9(3-11)7(2)14-10(13-6)16-12-4-8(5-17)15-16/h4-5H,1-2H3. The van der Waals surface area contributed by atoms with Crippen molar-refractivity contribution in [2.75, 3.05) is 0 Å². The molecule has 2 aromatic heterocycles. The molecular weight excluding hydrogens is 220 g/mol. The van der Waals surface area contributed by atoms with E-state index in [1.807, 2.05) is 6.07 Å². The van der Waals surface area contributed by atoms with Gasteiger partial charge in [-0.15, -0.1) is 9.90 Å². The number of carbonyl (C=O) groups excluding carboxylic acids is 1. The van der Waals surface area contributed by atoms with Crippen LogP contribution in [-0.4, -0.2) is 31.2 Å². The van der Waals surface area contributed by atoms with E-state index in [4.69, 9.17) is 5.26 Å². The van der Waals surface area contributed by atoms with Crippen LogP contribution in [0.25, 0.3) is 5.95 Å². The highest BCUT2D eigenvalue weighted by Crippen LogP contribution is 2.09. The molecule has 0 fully saturated rings. The Morgan fingerprint density at radius 2 is 2.00 bits per heavy atom. The fourth-order valence-corrected chi connectivity index (χ4v) is 1.38. The topological polar surface area (TPSA) is 97.3 Å². The van der Waals surface area contributed by atoms with Crippen molar-refractivity contribution in [1.29, 1.82) is 5.26 Å². The highest BCUT2D eigenvalue weighted by atomic mass is 16.1. The molecule has 2 aromatic rings. The van der Waals surface area contributed by atoms with Gasteiger partial charge in [0.25, 0.3) is 5.95 Å². The zero-order valence-electron chi connectivity index (χ0n) is 9.25. The van der Waals surface area contributed by atoms with Crippen molar-refractivity contribution >= 4 is 6.29 Å². The molecule has 2 heterocycles. The number of nitriles is 1. The Labute approximate surface area is 96.7 Å². The Morgan fingerprint density at radius 1 is 1.35 bits per heavy atom. The lowest BCUT2D eigenvalue weighted by Gasteiger charge is -2.03. The van der Waals surface area contributed by atoms with Crippen LogP contribution in [0, 0.1) is 25.2 Å². The summed E-state index contributed by atoms with van der Waals surface area (Å²) in [6, 6.07) is 2.03. The molecular formula is C10H8N6O. The molecule has 7 nitrogen and oxygen atoms in total. The lowest BCUT2D eigenvalue weighted by molar-refractivity contribution is 0.111. The number of hydrogen-bond donors (Lipinski definition) is 0. The summed E-state index contributed by atoms with van der Waals surface area (Å²) in [6.45, 7) is 3.42. The van der Waals surface area contributed by atoms with Crippen LogP contribution in [0.5, 0.6) is 0 Å². The zero-order valence-corrected chi connectivity index (χ0v) is 9.25. The first-order valence-corrected chi connectivity index (χ1v) is 4.79. The second-order valence-corrected chi connectivity index (χ2v) is 3.36. The quantitative estimate of drug-likeness (QED) is 0.688. The van der Waals surface area contributed by atoms with Crippen molar-refractivity contribution in [2.45, 2.75) is 13.8 Å². The van der Waals surface area contributed by atoms with E-state index in [9.17, 15) is 4.79 Å². The summed E-state index contributed by atoms with van der Waals surface area (Å²) >= 11 is 0. The van der Waals surface area contributed by atoms with Crippen molar-refractivity contribution < 1.29 is 4.79 Å². The van der Waals surface area contributed by atoms with Crippen LogP contribution >= 0.6 is 0 Å². The van der Waals surface area contributed by atoms with Gasteiger partial charge in [-0.2, -0.15) is 10.4 Å². The zero-order chi connectivity index (χ0) is 12.4. The van der Waals surface area contributed by atoms with Crippen LogP contribution in [0.4, 0.5) is 0 Å². The van der Waals surface area contributed by atoms with Gasteiger partial charge in [0, 0.05) is 0 Å². The first kappa shape index (κ1) is 10.9. The van der Waals surface area contributed by atoms with E-state index in [2.05, 4.69) is 20.2 Å². The van der Waals surface area contributed by atoms with E-state index < -0.39 is 0 Å². The maximum absolute atomic E-state index is 10.5. The van der Waals surface area contributed by atoms with E-state index in [1.54, 1.807) is 13.8 Å². The number of aldehydes is 1. The van der Waals surface area contributed by atoms with Gasteiger partial charge in [-0.05, 0) is 13.8 Å². The van der Waals surface area contributed by atoms with E-state index in [0.717, 1.165) is 4.80 Å². The highest BCUT2D eigenvalue weighted by Gasteiger charge is 2.11. The number of aromatic nitrogens is 5. The number of carbonyl (C=O) groups is 1. The molecule has 0 bridgehead atoms. The Balaban J connectivity index is 2.54. The molecule has 0 spiro atoms. The predicted octanol–water partition coefficient (Wildman–Crippen LogP) is 0.358. The normalized spacial score (nSPS) is 9.94. The molecule has 84 valence electrons. The first-order valence-electron chi connectivity index (χ1n) is 4.79. The van der Waals surface area contributed by atoms with E-state index in [1.165, 1.54) is 6.20 Å². The Bertz CT molecular complexity index is 601. The van der Waals surface area contributed by atoms with Crippen molar-refractivity contribution in [2.24, 2.45) is 0 Å². The van der Waals surface area contributed by atoms with Crippen LogP contribution in [0.1, 0.15) is 27.4 Å². The number of nitrogens with zero attached hydrogens (tertiary/aromatic N) is 6. The van der Waals surface area contributed by atoms with Crippen LogP contribution in [0.2, 0.25) is 0 Å². The van der Waals surface area contributed by atoms with Crippen LogP contribution in [0.15, 0.2) is 6.20 Å². The van der Waals surface area contributed by atoms with Crippen molar-refractivity contribution in [3.8, 4) is 12.0 Å². The summed E-state index contributed by atoms with van der Waals surface area (Å²) in [5.41, 5.74) is 1.75. The SMILES string of the molecule is Cc1nc(-n2ncc(C=O)n2)nc(C)c1C#N. The predicted molar refractivity (Wildman–Crippen MR) is 56.5 cm³/mol. The van der Waals surface area contributed by atoms with Crippen LogP contribution in [-0.2, 0) is 0 Å². The maximum atomic E-state index is 10.5. The maximum Gasteiger partial charge on any atom is 0.269 e. The third kappa shape index (κ3) is 1.88. The summed E-state index contributed by atoms with van der Waals surface area (Å²) in [5, 5.41) is 16.6. The van der Waals surface area contributed by atoms with Gasteiger partial charge in [0.1, 0.15) is 11.8 Å². The number of hydrogen-bond acceptors (Lipinski definition) is 6. The Hall–Kier alpha value is -2.62. The van der Waals surface area contributed by atoms with Gasteiger partial charge in [-0.1, -0.05) is 0 Å². The van der Waals surface area contributed by atoms with E-state index in [0.29, 0.717) is 23.2 Å². The summed E-state index contributed by atoms with van der Waals surface area (Å²) in [6.07, 6.45) is 1.91. The third-order valence-corrected chi connectivity index (χ3v) is 2.18. The molecule has 0 aromatic carbocycles. The average Bonchev–Trinajstić information content (AvgIpc) is 2.77. The fourth-order valence-electron chi connectivity index (χ4n) is 1.38. The molecule has 0 aliphatic carbocycles. The molecule has 0 saturated carbocycles. The monoisotopic (exact) mass is 228 g/mol. The molecule has 0 saturated heterocycles. The average molecular weight is 228 g/mol. The van der Waals surface area contributed by atoms with Gasteiger partial charge in [-0.25, -0.2) is 9.97 Å². The molecule has 0 radical (unpaired) electrons. The summed E-state index contributed by atoms with van der Waals surface area (Å²) in [4.78, 5) is 19.9. The third-order valence-electron chi connectivity index (χ3n) is 2.18. The van der Waals surface area contributed by atoms with Gasteiger partial charge in [0.2, 0.25) is 0 Å². The van der Waals surface area contributed by atoms with Crippen LogP contribution in [0.3, 0.4) is 0 Å². The minimum Gasteiger partial charge on any atom is -0.296 e. The minimum absolute atomic E-state index is 0.202. The Morgan fingerprint density at radius 3 is 2.47 bits per heavy atom. The molecule has 0 unspecified atom stereocenters. The first-order chi connectivity index (χ1) is 8.15. The summed E-state index contributed by atoms with van der Waals surface area (Å²) in [7, 11) is 0. The summed E-state index contributed by atoms with van der Waals surface area (Å²) in [5.74, 6) is 0.243. The fraction of sp³-hybridized carbons (Fsp3) is 0.200. The molecule has 0 N–H and O–H groups in total. The van der Waals surface area contributed by atoms with E-state index >= 15 is 0 Å². The van der Waals surface area contributed by atoms with Gasteiger partial charge < -0.3 is 0 Å². The number of rotatable bonds is 2. The second kappa shape index (κ2) is 4.09. The van der Waals surface area contributed by atoms with Gasteiger partial charge in [-0.3, -0.25) is 4.79 Å². The molecule has 2 rings (SSSR count).